The van der Waals surface area contributed by atoms with Gasteiger partial charge in [0.2, 0.25) is 5.91 Å². The Kier molecular flexibility index (Phi) is 6.59. The number of hydrogen-bond acceptors (Lipinski definition) is 5. The van der Waals surface area contributed by atoms with E-state index < -0.39 is 9.84 Å². The topological polar surface area (TPSA) is 86.7 Å². The monoisotopic (exact) mass is 406 g/mol. The third kappa shape index (κ3) is 5.52. The Labute approximate surface area is 157 Å². The van der Waals surface area contributed by atoms with Crippen molar-refractivity contribution in [3.8, 4) is 5.75 Å². The number of likely N-dealkylation sites (tertiary alicyclic amines) is 1. The van der Waals surface area contributed by atoms with E-state index in [9.17, 15) is 18.3 Å². The van der Waals surface area contributed by atoms with Crippen LogP contribution in [0, 0.1) is 5.92 Å². The fourth-order valence-electron chi connectivity index (χ4n) is 2.78. The summed E-state index contributed by atoms with van der Waals surface area (Å²) in [6.07, 6.45) is 1.51. The summed E-state index contributed by atoms with van der Waals surface area (Å²) in [4.78, 5) is 14.0. The molecule has 138 valence electrons. The van der Waals surface area contributed by atoms with Crippen LogP contribution in [0.5, 0.6) is 5.75 Å². The highest BCUT2D eigenvalue weighted by Crippen LogP contribution is 2.33. The van der Waals surface area contributed by atoms with Gasteiger partial charge in [0, 0.05) is 24.6 Å². The van der Waals surface area contributed by atoms with Crippen molar-refractivity contribution in [2.24, 2.45) is 5.92 Å². The molecule has 25 heavy (non-hydrogen) atoms. The quantitative estimate of drug-likeness (QED) is 0.709. The SMILES string of the molecule is C=CS(=O)(=O)C[C@H]1CCCN(C(=O)CNc2cc(Cl)c(Cl)cc2O)C1. The number of nitrogens with zero attached hydrogens (tertiary/aromatic N) is 1. The Morgan fingerprint density at radius 1 is 1.40 bits per heavy atom. The Balaban J connectivity index is 1.94. The van der Waals surface area contributed by atoms with Crippen molar-refractivity contribution in [2.75, 3.05) is 30.7 Å². The first-order chi connectivity index (χ1) is 11.7. The second kappa shape index (κ2) is 8.29. The van der Waals surface area contributed by atoms with Gasteiger partial charge in [-0.15, -0.1) is 0 Å². The minimum absolute atomic E-state index is 0.00128. The van der Waals surface area contributed by atoms with Crippen LogP contribution in [0.1, 0.15) is 12.8 Å². The molecular formula is C16H20Cl2N2O4S. The molecule has 0 bridgehead atoms. The molecule has 9 heteroatoms. The van der Waals surface area contributed by atoms with E-state index in [0.29, 0.717) is 18.8 Å². The maximum absolute atomic E-state index is 12.4. The molecule has 1 fully saturated rings. The van der Waals surface area contributed by atoms with Crippen LogP contribution in [0.15, 0.2) is 24.1 Å². The number of nitrogens with one attached hydrogen (secondary N) is 1. The maximum Gasteiger partial charge on any atom is 0.241 e. The number of phenols is 1. The number of carbonyl (C=O) groups excluding carboxylic acids is 1. The van der Waals surface area contributed by atoms with E-state index in [4.69, 9.17) is 23.2 Å². The predicted molar refractivity (Wildman–Crippen MR) is 99.9 cm³/mol. The summed E-state index contributed by atoms with van der Waals surface area (Å²) in [5.41, 5.74) is 0.311. The second-order valence-corrected chi connectivity index (χ2v) is 8.79. The molecule has 0 unspecified atom stereocenters. The zero-order valence-corrected chi connectivity index (χ0v) is 15.9. The number of aromatic hydroxyl groups is 1. The van der Waals surface area contributed by atoms with E-state index in [0.717, 1.165) is 18.2 Å². The number of carbonyl (C=O) groups is 1. The highest BCUT2D eigenvalue weighted by Gasteiger charge is 2.26. The smallest absolute Gasteiger partial charge is 0.241 e. The average Bonchev–Trinajstić information content (AvgIpc) is 2.56. The van der Waals surface area contributed by atoms with E-state index in [1.54, 1.807) is 4.90 Å². The highest BCUT2D eigenvalue weighted by atomic mass is 35.5. The predicted octanol–water partition coefficient (Wildman–Crippen LogP) is 2.91. The summed E-state index contributed by atoms with van der Waals surface area (Å²) in [5, 5.41) is 14.1. The standard InChI is InChI=1S/C16H20Cl2N2O4S/c1-2-25(23,24)10-11-4-3-5-20(9-11)16(22)8-19-14-6-12(17)13(18)7-15(14)21/h2,6-7,11,19,21H,1,3-5,8-10H2/t11-/m0/s1. The fraction of sp³-hybridized carbons (Fsp3) is 0.438. The van der Waals surface area contributed by atoms with Gasteiger partial charge in [-0.25, -0.2) is 8.42 Å². The van der Waals surface area contributed by atoms with Gasteiger partial charge in [-0.2, -0.15) is 0 Å². The maximum atomic E-state index is 12.4. The minimum Gasteiger partial charge on any atom is -0.506 e. The van der Waals surface area contributed by atoms with Gasteiger partial charge in [-0.1, -0.05) is 29.8 Å². The first-order valence-corrected chi connectivity index (χ1v) is 10.2. The second-order valence-electron chi connectivity index (χ2n) is 5.98. The van der Waals surface area contributed by atoms with Gasteiger partial charge >= 0.3 is 0 Å². The van der Waals surface area contributed by atoms with Crippen LogP contribution in [0.3, 0.4) is 0 Å². The molecule has 1 amide bonds. The third-order valence-corrected chi connectivity index (χ3v) is 6.23. The Bertz CT molecular complexity index is 768. The molecule has 1 aromatic carbocycles. The van der Waals surface area contributed by atoms with Gasteiger partial charge < -0.3 is 15.3 Å². The van der Waals surface area contributed by atoms with Crippen LogP contribution in [0.4, 0.5) is 5.69 Å². The molecule has 0 aliphatic carbocycles. The van der Waals surface area contributed by atoms with Crippen molar-refractivity contribution in [1.82, 2.24) is 4.90 Å². The van der Waals surface area contributed by atoms with Crippen molar-refractivity contribution in [3.63, 3.8) is 0 Å². The number of halogens is 2. The largest absolute Gasteiger partial charge is 0.506 e. The van der Waals surface area contributed by atoms with Crippen LogP contribution in [0.25, 0.3) is 0 Å². The average molecular weight is 407 g/mol. The summed E-state index contributed by atoms with van der Waals surface area (Å²) < 4.78 is 23.3. The Morgan fingerprint density at radius 2 is 2.08 bits per heavy atom. The number of rotatable bonds is 6. The van der Waals surface area contributed by atoms with Gasteiger partial charge in [-0.3, -0.25) is 4.79 Å². The van der Waals surface area contributed by atoms with Crippen molar-refractivity contribution in [3.05, 3.63) is 34.2 Å². The third-order valence-electron chi connectivity index (χ3n) is 4.06. The summed E-state index contributed by atoms with van der Waals surface area (Å²) >= 11 is 11.7. The molecule has 1 atom stereocenters. The van der Waals surface area contributed by atoms with Gasteiger partial charge in [-0.05, 0) is 24.8 Å². The molecule has 1 aliphatic rings. The van der Waals surface area contributed by atoms with E-state index in [1.165, 1.54) is 12.1 Å². The van der Waals surface area contributed by atoms with E-state index >= 15 is 0 Å². The molecule has 2 rings (SSSR count). The molecule has 0 spiro atoms. The lowest BCUT2D eigenvalue weighted by Gasteiger charge is -2.32. The van der Waals surface area contributed by atoms with E-state index in [1.807, 2.05) is 0 Å². The number of amides is 1. The van der Waals surface area contributed by atoms with E-state index in [-0.39, 0.29) is 39.9 Å². The normalized spacial score (nSPS) is 18.0. The lowest BCUT2D eigenvalue weighted by molar-refractivity contribution is -0.130. The molecule has 0 radical (unpaired) electrons. The number of hydrogen-bond donors (Lipinski definition) is 2. The molecule has 1 aromatic rings. The molecule has 1 saturated heterocycles. The van der Waals surface area contributed by atoms with Gasteiger partial charge in [0.25, 0.3) is 0 Å². The lowest BCUT2D eigenvalue weighted by atomic mass is 10.00. The number of piperidine rings is 1. The van der Waals surface area contributed by atoms with Gasteiger partial charge in [0.05, 0.1) is 28.0 Å². The molecular weight excluding hydrogens is 387 g/mol. The molecule has 6 nitrogen and oxygen atoms in total. The highest BCUT2D eigenvalue weighted by molar-refractivity contribution is 7.94. The van der Waals surface area contributed by atoms with E-state index in [2.05, 4.69) is 11.9 Å². The van der Waals surface area contributed by atoms with Crippen molar-refractivity contribution >= 4 is 44.6 Å². The Morgan fingerprint density at radius 3 is 2.76 bits per heavy atom. The lowest BCUT2D eigenvalue weighted by Crippen LogP contribution is -2.44. The fourth-order valence-corrected chi connectivity index (χ4v) is 4.17. The number of anilines is 1. The molecule has 1 aliphatic heterocycles. The number of benzene rings is 1. The number of phenolic OH excluding ortho intramolecular Hbond substituents is 1. The molecule has 0 aromatic heterocycles. The van der Waals surface area contributed by atoms with Crippen LogP contribution >= 0.6 is 23.2 Å². The minimum atomic E-state index is -3.29. The Hall–Kier alpha value is -1.44. The van der Waals surface area contributed by atoms with Crippen molar-refractivity contribution < 1.29 is 18.3 Å². The van der Waals surface area contributed by atoms with Gasteiger partial charge in [0.15, 0.2) is 9.84 Å². The summed E-state index contributed by atoms with van der Waals surface area (Å²) in [6, 6.07) is 2.75. The van der Waals surface area contributed by atoms with Crippen LogP contribution in [-0.4, -0.2) is 49.7 Å². The van der Waals surface area contributed by atoms with Crippen molar-refractivity contribution in [2.45, 2.75) is 12.8 Å². The van der Waals surface area contributed by atoms with Gasteiger partial charge in [0.1, 0.15) is 5.75 Å². The summed E-state index contributed by atoms with van der Waals surface area (Å²) in [6.45, 7) is 4.25. The molecule has 0 saturated carbocycles. The van der Waals surface area contributed by atoms with Crippen LogP contribution in [-0.2, 0) is 14.6 Å². The zero-order valence-electron chi connectivity index (χ0n) is 13.5. The first-order valence-electron chi connectivity index (χ1n) is 7.76. The molecule has 2 N–H and O–H groups in total. The first kappa shape index (κ1) is 19.9. The summed E-state index contributed by atoms with van der Waals surface area (Å²) in [5.74, 6) is -0.373. The van der Waals surface area contributed by atoms with Crippen LogP contribution in [0.2, 0.25) is 10.0 Å². The molecule has 1 heterocycles. The number of sulfone groups is 1. The van der Waals surface area contributed by atoms with Crippen molar-refractivity contribution in [1.29, 1.82) is 0 Å². The zero-order chi connectivity index (χ0) is 18.6. The van der Waals surface area contributed by atoms with Crippen LogP contribution < -0.4 is 5.32 Å². The summed E-state index contributed by atoms with van der Waals surface area (Å²) in [7, 11) is -3.29.